The third kappa shape index (κ3) is 4.80. The molecule has 2 fully saturated rings. The quantitative estimate of drug-likeness (QED) is 0.545. The highest BCUT2D eigenvalue weighted by molar-refractivity contribution is 5.79. The van der Waals surface area contributed by atoms with Crippen LogP contribution in [0.25, 0.3) is 0 Å². The summed E-state index contributed by atoms with van der Waals surface area (Å²) in [5.41, 5.74) is 0.823. The molecule has 2 aliphatic rings. The summed E-state index contributed by atoms with van der Waals surface area (Å²) in [5.74, 6) is 2.12. The van der Waals surface area contributed by atoms with Gasteiger partial charge in [-0.3, -0.25) is 14.9 Å². The lowest BCUT2D eigenvalue weighted by molar-refractivity contribution is -0.385. The average Bonchev–Trinajstić information content (AvgIpc) is 2.72. The first-order valence-electron chi connectivity index (χ1n) is 10.6. The summed E-state index contributed by atoms with van der Waals surface area (Å²) in [6.07, 6.45) is 9.67. The lowest BCUT2D eigenvalue weighted by Gasteiger charge is -2.38. The zero-order chi connectivity index (χ0) is 20.1. The molecule has 0 radical (unpaired) electrons. The number of unbranched alkanes of at least 4 members (excludes halogenated alkanes) is 1. The van der Waals surface area contributed by atoms with Crippen molar-refractivity contribution in [3.63, 3.8) is 0 Å². The van der Waals surface area contributed by atoms with E-state index in [0.717, 1.165) is 43.2 Å². The maximum atomic E-state index is 12.9. The Labute approximate surface area is 167 Å². The van der Waals surface area contributed by atoms with E-state index in [9.17, 15) is 14.9 Å². The molecule has 154 valence electrons. The fourth-order valence-electron chi connectivity index (χ4n) is 4.57. The van der Waals surface area contributed by atoms with Crippen LogP contribution >= 0.6 is 0 Å². The highest BCUT2D eigenvalue weighted by atomic mass is 16.6. The topological polar surface area (TPSA) is 79.6 Å². The van der Waals surface area contributed by atoms with Crippen molar-refractivity contribution in [1.29, 1.82) is 0 Å². The van der Waals surface area contributed by atoms with Crippen LogP contribution in [0.4, 0.5) is 11.5 Å². The monoisotopic (exact) mass is 388 g/mol. The summed E-state index contributed by atoms with van der Waals surface area (Å²) in [6, 6.07) is 1.57. The van der Waals surface area contributed by atoms with E-state index >= 15 is 0 Å². The van der Waals surface area contributed by atoms with Crippen LogP contribution in [0.2, 0.25) is 0 Å². The van der Waals surface area contributed by atoms with E-state index in [1.807, 2.05) is 11.8 Å². The van der Waals surface area contributed by atoms with Gasteiger partial charge in [0.2, 0.25) is 5.91 Å². The van der Waals surface area contributed by atoms with Gasteiger partial charge in [0.15, 0.2) is 0 Å². The van der Waals surface area contributed by atoms with E-state index in [1.165, 1.54) is 38.3 Å². The predicted molar refractivity (Wildman–Crippen MR) is 109 cm³/mol. The van der Waals surface area contributed by atoms with Crippen LogP contribution in [-0.2, 0) is 4.79 Å². The number of pyridine rings is 1. The van der Waals surface area contributed by atoms with Gasteiger partial charge >= 0.3 is 0 Å². The number of amides is 1. The number of aromatic nitrogens is 1. The van der Waals surface area contributed by atoms with Gasteiger partial charge < -0.3 is 9.80 Å². The zero-order valence-electron chi connectivity index (χ0n) is 17.1. The van der Waals surface area contributed by atoms with E-state index in [1.54, 1.807) is 6.07 Å². The molecule has 0 unspecified atom stereocenters. The van der Waals surface area contributed by atoms with E-state index in [0.29, 0.717) is 19.0 Å². The van der Waals surface area contributed by atoms with Crippen LogP contribution in [0, 0.1) is 28.9 Å². The normalized spacial score (nSPS) is 22.9. The van der Waals surface area contributed by atoms with Crippen molar-refractivity contribution in [2.45, 2.75) is 58.8 Å². The van der Waals surface area contributed by atoms with Crippen LogP contribution in [0.1, 0.15) is 57.4 Å². The molecule has 0 N–H and O–H groups in total. The fourth-order valence-corrected chi connectivity index (χ4v) is 4.57. The first kappa shape index (κ1) is 20.6. The van der Waals surface area contributed by atoms with Crippen molar-refractivity contribution in [1.82, 2.24) is 9.88 Å². The maximum absolute atomic E-state index is 12.9. The van der Waals surface area contributed by atoms with E-state index in [4.69, 9.17) is 0 Å². The number of nitrogens with zero attached hydrogens (tertiary/aromatic N) is 4. The lowest BCUT2D eigenvalue weighted by atomic mass is 9.79. The van der Waals surface area contributed by atoms with Crippen molar-refractivity contribution < 1.29 is 9.72 Å². The third-order valence-corrected chi connectivity index (χ3v) is 6.30. The van der Waals surface area contributed by atoms with Gasteiger partial charge in [-0.15, -0.1) is 0 Å². The van der Waals surface area contributed by atoms with Crippen LogP contribution < -0.4 is 4.90 Å². The molecule has 1 aromatic rings. The Morgan fingerprint density at radius 1 is 1.21 bits per heavy atom. The van der Waals surface area contributed by atoms with Crippen LogP contribution in [-0.4, -0.2) is 46.9 Å². The van der Waals surface area contributed by atoms with Gasteiger partial charge in [-0.1, -0.05) is 26.2 Å². The van der Waals surface area contributed by atoms with Crippen molar-refractivity contribution in [2.24, 2.45) is 11.8 Å². The van der Waals surface area contributed by atoms with E-state index < -0.39 is 4.92 Å². The minimum absolute atomic E-state index is 0.0182. The molecule has 1 saturated carbocycles. The Morgan fingerprint density at radius 3 is 2.46 bits per heavy atom. The Bertz CT molecular complexity index is 693. The summed E-state index contributed by atoms with van der Waals surface area (Å²) < 4.78 is 0. The van der Waals surface area contributed by atoms with Crippen molar-refractivity contribution in [3.8, 4) is 0 Å². The van der Waals surface area contributed by atoms with Crippen LogP contribution in [0.3, 0.4) is 0 Å². The number of rotatable bonds is 6. The summed E-state index contributed by atoms with van der Waals surface area (Å²) in [6.45, 7) is 6.94. The van der Waals surface area contributed by atoms with Gasteiger partial charge in [0.1, 0.15) is 12.0 Å². The first-order valence-corrected chi connectivity index (χ1v) is 10.6. The second kappa shape index (κ2) is 9.34. The molecule has 1 aliphatic carbocycles. The van der Waals surface area contributed by atoms with Crippen LogP contribution in [0.15, 0.2) is 12.3 Å². The molecule has 7 nitrogen and oxygen atoms in total. The highest BCUT2D eigenvalue weighted by Crippen LogP contribution is 2.33. The third-order valence-electron chi connectivity index (χ3n) is 6.30. The molecule has 1 saturated heterocycles. The average molecular weight is 389 g/mol. The summed E-state index contributed by atoms with van der Waals surface area (Å²) in [5, 5.41) is 10.9. The Morgan fingerprint density at radius 2 is 1.89 bits per heavy atom. The molecule has 1 aliphatic heterocycles. The molecule has 0 atom stereocenters. The van der Waals surface area contributed by atoms with E-state index in [-0.39, 0.29) is 11.6 Å². The summed E-state index contributed by atoms with van der Waals surface area (Å²) >= 11 is 0. The number of piperazine rings is 1. The fraction of sp³-hybridized carbons (Fsp3) is 0.714. The highest BCUT2D eigenvalue weighted by Gasteiger charge is 2.31. The smallest absolute Gasteiger partial charge is 0.287 e. The number of hydrogen-bond acceptors (Lipinski definition) is 5. The van der Waals surface area contributed by atoms with Gasteiger partial charge in [0, 0.05) is 38.2 Å². The van der Waals surface area contributed by atoms with Gasteiger partial charge in [-0.2, -0.15) is 0 Å². The van der Waals surface area contributed by atoms with Crippen LogP contribution in [0.5, 0.6) is 0 Å². The minimum Gasteiger partial charge on any atom is -0.353 e. The number of anilines is 1. The second-order valence-corrected chi connectivity index (χ2v) is 8.26. The number of nitro groups is 1. The second-order valence-electron chi connectivity index (χ2n) is 8.26. The molecular weight excluding hydrogens is 356 g/mol. The standard InChI is InChI=1S/C21H32N4O3/c1-3-4-5-17-6-8-18(9-7-17)21(26)24-12-10-23(11-13-24)20-16(2)14-19(15-22-20)25(27)28/h14-15,17-18H,3-13H2,1-2H3. The van der Waals surface area contributed by atoms with Gasteiger partial charge in [0.05, 0.1) is 4.92 Å². The Kier molecular flexibility index (Phi) is 6.86. The molecule has 0 aromatic carbocycles. The van der Waals surface area contributed by atoms with E-state index in [2.05, 4.69) is 16.8 Å². The molecule has 0 bridgehead atoms. The van der Waals surface area contributed by atoms with Gasteiger partial charge in [-0.25, -0.2) is 4.98 Å². The number of aryl methyl sites for hydroxylation is 1. The lowest BCUT2D eigenvalue weighted by Crippen LogP contribution is -2.51. The molecule has 1 amide bonds. The number of carbonyl (C=O) groups is 1. The first-order chi connectivity index (χ1) is 13.5. The zero-order valence-corrected chi connectivity index (χ0v) is 17.1. The molecule has 2 heterocycles. The molecule has 28 heavy (non-hydrogen) atoms. The SMILES string of the molecule is CCCCC1CCC(C(=O)N2CCN(c3ncc([N+](=O)[O-])cc3C)CC2)CC1. The summed E-state index contributed by atoms with van der Waals surface area (Å²) in [7, 11) is 0. The maximum Gasteiger partial charge on any atom is 0.287 e. The van der Waals surface area contributed by atoms with Crippen molar-refractivity contribution in [3.05, 3.63) is 27.9 Å². The summed E-state index contributed by atoms with van der Waals surface area (Å²) in [4.78, 5) is 31.8. The molecule has 1 aromatic heterocycles. The molecular formula is C21H32N4O3. The molecule has 0 spiro atoms. The van der Waals surface area contributed by atoms with Gasteiger partial charge in [0.25, 0.3) is 5.69 Å². The largest absolute Gasteiger partial charge is 0.353 e. The minimum atomic E-state index is -0.419. The number of hydrogen-bond donors (Lipinski definition) is 0. The van der Waals surface area contributed by atoms with Gasteiger partial charge in [-0.05, 0) is 44.1 Å². The number of carbonyl (C=O) groups excluding carboxylic acids is 1. The Hall–Kier alpha value is -2.18. The Balaban J connectivity index is 1.50. The molecule has 7 heteroatoms. The predicted octanol–water partition coefficient (Wildman–Crippen LogP) is 3.94. The molecule has 3 rings (SSSR count). The van der Waals surface area contributed by atoms with Crippen molar-refractivity contribution >= 4 is 17.4 Å². The van der Waals surface area contributed by atoms with Crippen molar-refractivity contribution in [2.75, 3.05) is 31.1 Å².